The molecule has 2 aromatic heterocycles. The average Bonchev–Trinajstić information content (AvgIpc) is 3.05. The number of piperidine rings is 1. The number of anilines is 1. The molecule has 6 nitrogen and oxygen atoms in total. The van der Waals surface area contributed by atoms with E-state index in [1.54, 1.807) is 24.8 Å². The number of aromatic nitrogens is 2. The maximum Gasteiger partial charge on any atom is 0.224 e. The van der Waals surface area contributed by atoms with Crippen molar-refractivity contribution in [1.29, 1.82) is 0 Å². The summed E-state index contributed by atoms with van der Waals surface area (Å²) in [4.78, 5) is 25.1. The van der Waals surface area contributed by atoms with Gasteiger partial charge in [-0.1, -0.05) is 6.92 Å². The van der Waals surface area contributed by atoms with Gasteiger partial charge in [-0.25, -0.2) is 9.97 Å². The predicted molar refractivity (Wildman–Crippen MR) is 96.5 cm³/mol. The van der Waals surface area contributed by atoms with Gasteiger partial charge in [0.15, 0.2) is 0 Å². The summed E-state index contributed by atoms with van der Waals surface area (Å²) in [5.74, 6) is 1.10. The van der Waals surface area contributed by atoms with Gasteiger partial charge in [0.2, 0.25) is 5.91 Å². The number of hydrogen-bond acceptors (Lipinski definition) is 6. The second-order valence-corrected chi connectivity index (χ2v) is 7.16. The number of nitrogens with zero attached hydrogens (tertiary/aromatic N) is 3. The van der Waals surface area contributed by atoms with Crippen molar-refractivity contribution in [3.05, 3.63) is 17.3 Å². The number of thiophene rings is 1. The number of carbonyl (C=O) groups excluding carboxylic acids is 1. The summed E-state index contributed by atoms with van der Waals surface area (Å²) in [5, 5.41) is 4.67. The zero-order valence-corrected chi connectivity index (χ0v) is 15.1. The Kier molecular flexibility index (Phi) is 5.63. The lowest BCUT2D eigenvalue weighted by Crippen LogP contribution is -2.42. The van der Waals surface area contributed by atoms with Crippen molar-refractivity contribution in [2.45, 2.75) is 38.6 Å². The summed E-state index contributed by atoms with van der Waals surface area (Å²) in [6.45, 7) is 4.23. The smallest absolute Gasteiger partial charge is 0.224 e. The van der Waals surface area contributed by atoms with Crippen LogP contribution in [-0.4, -0.2) is 53.6 Å². The Labute approximate surface area is 146 Å². The number of likely N-dealkylation sites (tertiary alicyclic amines) is 1. The molecule has 24 heavy (non-hydrogen) atoms. The summed E-state index contributed by atoms with van der Waals surface area (Å²) >= 11 is 1.73. The van der Waals surface area contributed by atoms with E-state index >= 15 is 0 Å². The first-order valence-electron chi connectivity index (χ1n) is 8.48. The molecule has 0 radical (unpaired) electrons. The molecule has 2 aromatic rings. The highest BCUT2D eigenvalue weighted by molar-refractivity contribution is 7.18. The van der Waals surface area contributed by atoms with Gasteiger partial charge in [-0.15, -0.1) is 11.3 Å². The highest BCUT2D eigenvalue weighted by Crippen LogP contribution is 2.29. The van der Waals surface area contributed by atoms with Crippen molar-refractivity contribution in [3.8, 4) is 0 Å². The van der Waals surface area contributed by atoms with Gasteiger partial charge < -0.3 is 15.0 Å². The van der Waals surface area contributed by atoms with Crippen LogP contribution in [0.4, 0.5) is 5.82 Å². The normalized spacial score (nSPS) is 15.8. The summed E-state index contributed by atoms with van der Waals surface area (Å²) in [6, 6.07) is 2.53. The Morgan fingerprint density at radius 3 is 2.92 bits per heavy atom. The average molecular weight is 348 g/mol. The Balaban J connectivity index is 1.60. The van der Waals surface area contributed by atoms with Crippen LogP contribution in [0, 0.1) is 0 Å². The Bertz CT molecular complexity index is 695. The molecule has 7 heteroatoms. The lowest BCUT2D eigenvalue weighted by Gasteiger charge is -2.32. The topological polar surface area (TPSA) is 67.4 Å². The number of methoxy groups -OCH3 is 1. The number of amides is 1. The van der Waals surface area contributed by atoms with Gasteiger partial charge in [-0.3, -0.25) is 4.79 Å². The summed E-state index contributed by atoms with van der Waals surface area (Å²) in [6.07, 6.45) is 4.99. The second-order valence-electron chi connectivity index (χ2n) is 6.05. The van der Waals surface area contributed by atoms with Crippen LogP contribution in [0.3, 0.4) is 0 Å². The first-order chi connectivity index (χ1) is 11.7. The fourth-order valence-electron chi connectivity index (χ4n) is 3.01. The minimum atomic E-state index is 0.185. The molecule has 0 atom stereocenters. The number of hydrogen-bond donors (Lipinski definition) is 1. The number of fused-ring (bicyclic) bond motifs is 1. The number of carbonyl (C=O) groups is 1. The molecule has 130 valence electrons. The number of ether oxygens (including phenoxy) is 1. The Hall–Kier alpha value is -1.73. The first-order valence-corrected chi connectivity index (χ1v) is 9.29. The molecule has 0 saturated carbocycles. The minimum Gasteiger partial charge on any atom is -0.384 e. The van der Waals surface area contributed by atoms with Crippen molar-refractivity contribution < 1.29 is 9.53 Å². The maximum absolute atomic E-state index is 12.0. The number of nitrogens with one attached hydrogen (secondary N) is 1. The van der Waals surface area contributed by atoms with Crippen LogP contribution in [0.1, 0.15) is 31.1 Å². The first kappa shape index (κ1) is 17.1. The molecule has 0 aliphatic carbocycles. The summed E-state index contributed by atoms with van der Waals surface area (Å²) in [5.41, 5.74) is 0. The molecule has 3 heterocycles. The van der Waals surface area contributed by atoms with E-state index in [0.29, 0.717) is 19.1 Å². The third-order valence-corrected chi connectivity index (χ3v) is 5.62. The van der Waals surface area contributed by atoms with E-state index in [1.807, 2.05) is 4.90 Å². The van der Waals surface area contributed by atoms with E-state index in [2.05, 4.69) is 28.3 Å². The van der Waals surface area contributed by atoms with Gasteiger partial charge >= 0.3 is 0 Å². The molecule has 1 aliphatic rings. The summed E-state index contributed by atoms with van der Waals surface area (Å²) < 4.78 is 4.98. The van der Waals surface area contributed by atoms with Crippen molar-refractivity contribution in [2.75, 3.05) is 32.1 Å². The van der Waals surface area contributed by atoms with Crippen molar-refractivity contribution in [3.63, 3.8) is 0 Å². The van der Waals surface area contributed by atoms with Crippen molar-refractivity contribution in [1.82, 2.24) is 14.9 Å². The largest absolute Gasteiger partial charge is 0.384 e. The molecule has 1 fully saturated rings. The van der Waals surface area contributed by atoms with E-state index in [1.165, 1.54) is 4.88 Å². The molecule has 0 aromatic carbocycles. The van der Waals surface area contributed by atoms with E-state index in [4.69, 9.17) is 4.74 Å². The fraction of sp³-hybridized carbons (Fsp3) is 0.588. The Morgan fingerprint density at radius 2 is 2.21 bits per heavy atom. The molecule has 1 N–H and O–H groups in total. The zero-order chi connectivity index (χ0) is 16.9. The van der Waals surface area contributed by atoms with Crippen LogP contribution < -0.4 is 5.32 Å². The molecule has 0 spiro atoms. The third kappa shape index (κ3) is 3.84. The molecular formula is C17H24N4O2S. The van der Waals surface area contributed by atoms with Gasteiger partial charge in [0.1, 0.15) is 17.0 Å². The monoisotopic (exact) mass is 348 g/mol. The number of aryl methyl sites for hydroxylation is 1. The van der Waals surface area contributed by atoms with Gasteiger partial charge in [0.25, 0.3) is 0 Å². The van der Waals surface area contributed by atoms with E-state index in [9.17, 15) is 4.79 Å². The van der Waals surface area contributed by atoms with E-state index in [-0.39, 0.29) is 5.91 Å². The van der Waals surface area contributed by atoms with Gasteiger partial charge in [-0.2, -0.15) is 0 Å². The summed E-state index contributed by atoms with van der Waals surface area (Å²) in [7, 11) is 1.63. The standard InChI is InChI=1S/C17H24N4O2S/c1-3-13-10-14-16(18-11-19-17(14)24-13)20-12-4-7-21(8-5-12)15(22)6-9-23-2/h10-12H,3-9H2,1-2H3,(H,18,19,20). The lowest BCUT2D eigenvalue weighted by atomic mass is 10.0. The van der Waals surface area contributed by atoms with Crippen molar-refractivity contribution in [2.24, 2.45) is 0 Å². The Morgan fingerprint density at radius 1 is 1.42 bits per heavy atom. The number of rotatable bonds is 6. The van der Waals surface area contributed by atoms with Crippen LogP contribution in [0.5, 0.6) is 0 Å². The molecule has 1 saturated heterocycles. The quantitative estimate of drug-likeness (QED) is 0.869. The van der Waals surface area contributed by atoms with Crippen LogP contribution in [0.25, 0.3) is 10.2 Å². The van der Waals surface area contributed by atoms with Gasteiger partial charge in [0.05, 0.1) is 18.4 Å². The lowest BCUT2D eigenvalue weighted by molar-refractivity contribution is -0.133. The second kappa shape index (κ2) is 7.90. The molecule has 0 unspecified atom stereocenters. The molecule has 0 bridgehead atoms. The van der Waals surface area contributed by atoms with E-state index < -0.39 is 0 Å². The highest BCUT2D eigenvalue weighted by Gasteiger charge is 2.23. The fourth-order valence-corrected chi connectivity index (χ4v) is 3.94. The van der Waals surface area contributed by atoms with Crippen LogP contribution in [-0.2, 0) is 16.0 Å². The minimum absolute atomic E-state index is 0.185. The van der Waals surface area contributed by atoms with Crippen LogP contribution in [0.2, 0.25) is 0 Å². The maximum atomic E-state index is 12.0. The SMILES string of the molecule is CCc1cc2c(NC3CCN(C(=O)CCOC)CC3)ncnc2s1. The predicted octanol–water partition coefficient (Wildman–Crippen LogP) is 2.69. The van der Waals surface area contributed by atoms with Gasteiger partial charge in [0, 0.05) is 31.1 Å². The molecule has 1 aliphatic heterocycles. The van der Waals surface area contributed by atoms with Crippen molar-refractivity contribution >= 4 is 33.3 Å². The van der Waals surface area contributed by atoms with Crippen LogP contribution in [0.15, 0.2) is 12.4 Å². The van der Waals surface area contributed by atoms with Gasteiger partial charge in [-0.05, 0) is 25.3 Å². The molecule has 1 amide bonds. The molecule has 3 rings (SSSR count). The molecular weight excluding hydrogens is 324 g/mol. The zero-order valence-electron chi connectivity index (χ0n) is 14.2. The third-order valence-electron chi connectivity index (χ3n) is 4.44. The van der Waals surface area contributed by atoms with Crippen LogP contribution >= 0.6 is 11.3 Å². The van der Waals surface area contributed by atoms with E-state index in [0.717, 1.165) is 48.4 Å². The highest BCUT2D eigenvalue weighted by atomic mass is 32.1.